The van der Waals surface area contributed by atoms with Crippen molar-refractivity contribution in [3.05, 3.63) is 34.9 Å². The molecule has 2 fully saturated rings. The van der Waals surface area contributed by atoms with Crippen LogP contribution in [-0.4, -0.2) is 23.9 Å². The zero-order valence-corrected chi connectivity index (χ0v) is 12.0. The van der Waals surface area contributed by atoms with Crippen molar-refractivity contribution in [3.8, 4) is 0 Å². The lowest BCUT2D eigenvalue weighted by atomic mass is 9.63. The number of rotatable bonds is 2. The Morgan fingerprint density at radius 2 is 1.84 bits per heavy atom. The summed E-state index contributed by atoms with van der Waals surface area (Å²) in [6, 6.07) is 7.87. The van der Waals surface area contributed by atoms with Crippen LogP contribution in [0.25, 0.3) is 0 Å². The highest BCUT2D eigenvalue weighted by Crippen LogP contribution is 2.46. The van der Waals surface area contributed by atoms with E-state index in [1.54, 1.807) is 0 Å². The number of carbonyl (C=O) groups excluding carboxylic acids is 1. The van der Waals surface area contributed by atoms with E-state index in [-0.39, 0.29) is 5.41 Å². The Balaban J connectivity index is 1.88. The predicted octanol–water partition coefficient (Wildman–Crippen LogP) is 3.77. The number of hydrogen-bond acceptors (Lipinski definition) is 1. The fraction of sp³-hybridized carbons (Fsp3) is 0.562. The van der Waals surface area contributed by atoms with Crippen molar-refractivity contribution >= 4 is 17.5 Å². The van der Waals surface area contributed by atoms with Gasteiger partial charge in [-0.3, -0.25) is 4.79 Å². The van der Waals surface area contributed by atoms with Crippen LogP contribution in [0.2, 0.25) is 5.02 Å². The number of likely N-dealkylation sites (tertiary alicyclic amines) is 1. The maximum absolute atomic E-state index is 12.9. The Morgan fingerprint density at radius 1 is 1.11 bits per heavy atom. The van der Waals surface area contributed by atoms with E-state index in [9.17, 15) is 4.79 Å². The minimum Gasteiger partial charge on any atom is -0.342 e. The molecule has 3 heteroatoms. The smallest absolute Gasteiger partial charge is 0.233 e. The quantitative estimate of drug-likeness (QED) is 0.806. The lowest BCUT2D eigenvalue weighted by Crippen LogP contribution is -2.52. The largest absolute Gasteiger partial charge is 0.342 e. The molecule has 102 valence electrons. The summed E-state index contributed by atoms with van der Waals surface area (Å²) in [6.07, 6.45) is 6.65. The van der Waals surface area contributed by atoms with Gasteiger partial charge in [0.1, 0.15) is 0 Å². The van der Waals surface area contributed by atoms with E-state index in [2.05, 4.69) is 11.0 Å². The molecule has 0 N–H and O–H groups in total. The van der Waals surface area contributed by atoms with Crippen LogP contribution in [0.4, 0.5) is 0 Å². The van der Waals surface area contributed by atoms with Gasteiger partial charge >= 0.3 is 0 Å². The van der Waals surface area contributed by atoms with Crippen LogP contribution in [0, 0.1) is 0 Å². The molecule has 0 unspecified atom stereocenters. The maximum atomic E-state index is 12.9. The summed E-state index contributed by atoms with van der Waals surface area (Å²) in [5.41, 5.74) is 0.837. The number of amides is 1. The zero-order valence-electron chi connectivity index (χ0n) is 11.2. The van der Waals surface area contributed by atoms with E-state index in [1.807, 2.05) is 18.2 Å². The van der Waals surface area contributed by atoms with Crippen molar-refractivity contribution in [1.29, 1.82) is 0 Å². The van der Waals surface area contributed by atoms with E-state index in [0.29, 0.717) is 5.91 Å². The van der Waals surface area contributed by atoms with Gasteiger partial charge in [0.2, 0.25) is 5.91 Å². The van der Waals surface area contributed by atoms with E-state index in [0.717, 1.165) is 55.8 Å². The second-order valence-electron chi connectivity index (χ2n) is 5.80. The maximum Gasteiger partial charge on any atom is 0.233 e. The minimum atomic E-state index is -0.276. The van der Waals surface area contributed by atoms with Gasteiger partial charge in [-0.1, -0.05) is 30.2 Å². The van der Waals surface area contributed by atoms with Gasteiger partial charge in [-0.25, -0.2) is 0 Å². The molecule has 1 aliphatic heterocycles. The number of piperidine rings is 1. The van der Waals surface area contributed by atoms with Crippen LogP contribution in [0.5, 0.6) is 0 Å². The first-order chi connectivity index (χ1) is 9.22. The molecule has 1 aromatic carbocycles. The van der Waals surface area contributed by atoms with E-state index >= 15 is 0 Å². The van der Waals surface area contributed by atoms with Crippen LogP contribution in [0.1, 0.15) is 44.1 Å². The second-order valence-corrected chi connectivity index (χ2v) is 6.24. The molecule has 0 bridgehead atoms. The molecular weight excluding hydrogens is 258 g/mol. The molecular formula is C16H20ClNO. The average molecular weight is 278 g/mol. The Kier molecular flexibility index (Phi) is 3.53. The molecule has 2 aliphatic rings. The molecule has 1 heterocycles. The number of nitrogens with zero attached hydrogens (tertiary/aromatic N) is 1. The topological polar surface area (TPSA) is 20.3 Å². The lowest BCUT2D eigenvalue weighted by Gasteiger charge is -2.45. The second kappa shape index (κ2) is 5.16. The van der Waals surface area contributed by atoms with Crippen molar-refractivity contribution in [3.63, 3.8) is 0 Å². The summed E-state index contributed by atoms with van der Waals surface area (Å²) in [6.45, 7) is 1.86. The third kappa shape index (κ3) is 2.27. The first-order valence-electron chi connectivity index (χ1n) is 7.28. The molecule has 3 rings (SSSR count). The van der Waals surface area contributed by atoms with Crippen LogP contribution >= 0.6 is 11.6 Å². The molecule has 0 atom stereocenters. The molecule has 1 saturated heterocycles. The van der Waals surface area contributed by atoms with Crippen molar-refractivity contribution in [2.24, 2.45) is 0 Å². The Morgan fingerprint density at radius 3 is 2.42 bits per heavy atom. The van der Waals surface area contributed by atoms with Crippen molar-refractivity contribution in [2.75, 3.05) is 13.1 Å². The third-order valence-corrected chi connectivity index (χ3v) is 4.87. The highest BCUT2D eigenvalue weighted by molar-refractivity contribution is 6.30. The van der Waals surface area contributed by atoms with Crippen LogP contribution in [0.3, 0.4) is 0 Å². The standard InChI is InChI=1S/C16H20ClNO/c17-14-7-4-6-13(12-14)16(8-5-9-16)15(19)18-10-2-1-3-11-18/h4,6-7,12H,1-3,5,8-11H2. The first-order valence-corrected chi connectivity index (χ1v) is 7.66. The third-order valence-electron chi connectivity index (χ3n) is 4.64. The van der Waals surface area contributed by atoms with Crippen molar-refractivity contribution < 1.29 is 4.79 Å². The number of hydrogen-bond donors (Lipinski definition) is 0. The molecule has 2 nitrogen and oxygen atoms in total. The van der Waals surface area contributed by atoms with E-state index in [4.69, 9.17) is 11.6 Å². The minimum absolute atomic E-state index is 0.276. The summed E-state index contributed by atoms with van der Waals surface area (Å²) in [4.78, 5) is 15.0. The van der Waals surface area contributed by atoms with Gasteiger partial charge in [-0.15, -0.1) is 0 Å². The molecule has 1 aliphatic carbocycles. The first kappa shape index (κ1) is 13.0. The molecule has 1 aromatic rings. The van der Waals surface area contributed by atoms with Crippen molar-refractivity contribution in [2.45, 2.75) is 43.9 Å². The monoisotopic (exact) mass is 277 g/mol. The Bertz CT molecular complexity index is 475. The zero-order chi connectivity index (χ0) is 13.3. The fourth-order valence-corrected chi connectivity index (χ4v) is 3.53. The molecule has 0 aromatic heterocycles. The predicted molar refractivity (Wildman–Crippen MR) is 77.4 cm³/mol. The van der Waals surface area contributed by atoms with E-state index < -0.39 is 0 Å². The SMILES string of the molecule is O=C(N1CCCCC1)C1(c2cccc(Cl)c2)CCC1. The lowest BCUT2D eigenvalue weighted by molar-refractivity contribution is -0.141. The highest BCUT2D eigenvalue weighted by Gasteiger charge is 2.47. The molecule has 19 heavy (non-hydrogen) atoms. The van der Waals surface area contributed by atoms with Gasteiger partial charge in [0.05, 0.1) is 5.41 Å². The Labute approximate surface area is 119 Å². The molecule has 1 amide bonds. The van der Waals surface area contributed by atoms with Crippen LogP contribution in [-0.2, 0) is 10.2 Å². The summed E-state index contributed by atoms with van der Waals surface area (Å²) in [5, 5.41) is 0.732. The van der Waals surface area contributed by atoms with Crippen molar-refractivity contribution in [1.82, 2.24) is 4.90 Å². The van der Waals surface area contributed by atoms with E-state index in [1.165, 1.54) is 6.42 Å². The number of benzene rings is 1. The van der Waals surface area contributed by atoms with Gasteiger partial charge in [-0.2, -0.15) is 0 Å². The van der Waals surface area contributed by atoms with Gasteiger partial charge < -0.3 is 4.90 Å². The number of halogens is 1. The molecule has 0 radical (unpaired) electrons. The summed E-state index contributed by atoms with van der Waals surface area (Å²) < 4.78 is 0. The summed E-state index contributed by atoms with van der Waals surface area (Å²) in [5.74, 6) is 0.334. The molecule has 0 spiro atoms. The number of carbonyl (C=O) groups is 1. The van der Waals surface area contributed by atoms with Gasteiger partial charge in [0.25, 0.3) is 0 Å². The fourth-order valence-electron chi connectivity index (χ4n) is 3.34. The van der Waals surface area contributed by atoms with Crippen LogP contribution in [0.15, 0.2) is 24.3 Å². The Hall–Kier alpha value is -1.02. The van der Waals surface area contributed by atoms with Gasteiger partial charge in [-0.05, 0) is 49.8 Å². The molecule has 1 saturated carbocycles. The van der Waals surface area contributed by atoms with Gasteiger partial charge in [0, 0.05) is 18.1 Å². The summed E-state index contributed by atoms with van der Waals surface area (Å²) >= 11 is 6.10. The van der Waals surface area contributed by atoms with Crippen LogP contribution < -0.4 is 0 Å². The normalized spacial score (nSPS) is 21.8. The highest BCUT2D eigenvalue weighted by atomic mass is 35.5. The van der Waals surface area contributed by atoms with Gasteiger partial charge in [0.15, 0.2) is 0 Å². The summed E-state index contributed by atoms with van der Waals surface area (Å²) in [7, 11) is 0. The average Bonchev–Trinajstić information content (AvgIpc) is 2.38.